The summed E-state index contributed by atoms with van der Waals surface area (Å²) in [7, 11) is -2.83. The maximum Gasteiger partial charge on any atom is 0.319 e. The van der Waals surface area contributed by atoms with E-state index in [1.54, 1.807) is 26.0 Å². The van der Waals surface area contributed by atoms with Crippen molar-refractivity contribution >= 4 is 28.1 Å². The first kappa shape index (κ1) is 26.2. The Bertz CT molecular complexity index is 968. The largest absolute Gasteiger partial charge is 0.377 e. The van der Waals surface area contributed by atoms with Gasteiger partial charge in [-0.3, -0.25) is 9.11 Å². The highest BCUT2D eigenvalue weighted by molar-refractivity contribution is 8.24. The number of hydrogen-bond donors (Lipinski definition) is 4. The molecule has 4 N–H and O–H groups in total. The molecule has 0 bridgehead atoms. The van der Waals surface area contributed by atoms with Crippen molar-refractivity contribution < 1.29 is 18.6 Å². The second kappa shape index (κ2) is 11.4. The van der Waals surface area contributed by atoms with Gasteiger partial charge in [0.25, 0.3) is 0 Å². The van der Waals surface area contributed by atoms with Gasteiger partial charge < -0.3 is 20.3 Å². The topological polar surface area (TPSA) is 120 Å². The predicted octanol–water partition coefficient (Wildman–Crippen LogP) is 4.81. The van der Waals surface area contributed by atoms with Crippen molar-refractivity contribution in [1.82, 2.24) is 15.3 Å². The van der Waals surface area contributed by atoms with Crippen molar-refractivity contribution in [1.29, 1.82) is 0 Å². The molecule has 10 heteroatoms. The molecule has 34 heavy (non-hydrogen) atoms. The number of benzene rings is 1. The molecule has 1 saturated heterocycles. The number of carbonyl (C=O) groups excluding carboxylic acids is 1. The SMILES string of the molecule is CC(C)CNC(=O)Nc1ccc(-c2nc(CS(O)(O)C(C)C)cc(N3CCOC[C@@H]3C)n2)cc1. The molecule has 0 saturated carbocycles. The van der Waals surface area contributed by atoms with Crippen LogP contribution >= 0.6 is 10.6 Å². The van der Waals surface area contributed by atoms with Crippen LogP contribution in [0.2, 0.25) is 0 Å². The third-order valence-electron chi connectivity index (χ3n) is 5.61. The van der Waals surface area contributed by atoms with E-state index in [-0.39, 0.29) is 23.1 Å². The zero-order chi connectivity index (χ0) is 24.9. The van der Waals surface area contributed by atoms with E-state index in [2.05, 4.69) is 27.4 Å². The Morgan fingerprint density at radius 3 is 2.53 bits per heavy atom. The standard InChI is InChI=1S/C24H37N5O4S/c1-16(2)13-25-24(30)27-20-8-6-19(7-9-20)23-26-21(15-34(31,32)17(3)4)12-22(28-23)29-10-11-33-14-18(29)5/h6-9,12,16-18,31-32H,10-11,13-15H2,1-5H3,(H2,25,27,30)/t18-/m0/s1. The van der Waals surface area contributed by atoms with E-state index in [4.69, 9.17) is 9.72 Å². The van der Waals surface area contributed by atoms with Gasteiger partial charge in [-0.05, 0) is 51.0 Å². The van der Waals surface area contributed by atoms with Gasteiger partial charge in [0.05, 0.1) is 30.7 Å². The first-order valence-corrected chi connectivity index (χ1v) is 13.5. The third kappa shape index (κ3) is 7.05. The lowest BCUT2D eigenvalue weighted by Gasteiger charge is -2.37. The summed E-state index contributed by atoms with van der Waals surface area (Å²) in [5.74, 6) is 1.68. The molecule has 1 aliphatic heterocycles. The summed E-state index contributed by atoms with van der Waals surface area (Å²) < 4.78 is 26.7. The number of urea groups is 1. The molecule has 2 aromatic rings. The molecule has 1 aromatic heterocycles. The molecule has 2 heterocycles. The van der Waals surface area contributed by atoms with Crippen LogP contribution in [0.1, 0.15) is 40.3 Å². The Labute approximate surface area is 203 Å². The van der Waals surface area contributed by atoms with Crippen LogP contribution in [0, 0.1) is 5.92 Å². The summed E-state index contributed by atoms with van der Waals surface area (Å²) in [6.45, 7) is 12.3. The zero-order valence-electron chi connectivity index (χ0n) is 20.6. The zero-order valence-corrected chi connectivity index (χ0v) is 21.4. The van der Waals surface area contributed by atoms with Gasteiger partial charge in [0.2, 0.25) is 0 Å². The van der Waals surface area contributed by atoms with Gasteiger partial charge >= 0.3 is 6.03 Å². The molecule has 1 aliphatic rings. The van der Waals surface area contributed by atoms with Crippen molar-refractivity contribution in [3.63, 3.8) is 0 Å². The number of nitrogens with one attached hydrogen (secondary N) is 2. The molecule has 1 atom stereocenters. The van der Waals surface area contributed by atoms with Crippen molar-refractivity contribution in [3.8, 4) is 11.4 Å². The number of hydrogen-bond acceptors (Lipinski definition) is 7. The molecule has 1 fully saturated rings. The molecular formula is C24H37N5O4S. The third-order valence-corrected chi connectivity index (χ3v) is 7.85. The second-order valence-electron chi connectivity index (χ2n) is 9.38. The summed E-state index contributed by atoms with van der Waals surface area (Å²) in [4.78, 5) is 23.7. The normalized spacial score (nSPS) is 17.2. The van der Waals surface area contributed by atoms with Crippen LogP contribution in [0.25, 0.3) is 11.4 Å². The minimum absolute atomic E-state index is 0.0710. The summed E-state index contributed by atoms with van der Waals surface area (Å²) in [5, 5.41) is 5.38. The quantitative estimate of drug-likeness (QED) is 0.418. The van der Waals surface area contributed by atoms with E-state index in [9.17, 15) is 13.9 Å². The van der Waals surface area contributed by atoms with Crippen LogP contribution in [0.15, 0.2) is 30.3 Å². The number of amides is 2. The van der Waals surface area contributed by atoms with Crippen LogP contribution in [0.5, 0.6) is 0 Å². The van der Waals surface area contributed by atoms with Gasteiger partial charge in [-0.2, -0.15) is 10.6 Å². The first-order chi connectivity index (χ1) is 16.0. The van der Waals surface area contributed by atoms with Gasteiger partial charge in [-0.15, -0.1) is 0 Å². The fraction of sp³-hybridized carbons (Fsp3) is 0.542. The molecule has 3 rings (SSSR count). The molecule has 0 spiro atoms. The predicted molar refractivity (Wildman–Crippen MR) is 139 cm³/mol. The lowest BCUT2D eigenvalue weighted by Crippen LogP contribution is -2.44. The van der Waals surface area contributed by atoms with Gasteiger partial charge in [0, 0.05) is 35.7 Å². The number of nitrogens with zero attached hydrogens (tertiary/aromatic N) is 3. The van der Waals surface area contributed by atoms with E-state index < -0.39 is 10.6 Å². The lowest BCUT2D eigenvalue weighted by atomic mass is 10.2. The van der Waals surface area contributed by atoms with E-state index in [1.807, 2.05) is 32.0 Å². The van der Waals surface area contributed by atoms with Gasteiger partial charge in [0.1, 0.15) is 5.82 Å². The Hall–Kier alpha value is -2.40. The van der Waals surface area contributed by atoms with E-state index >= 15 is 0 Å². The number of aromatic nitrogens is 2. The maximum atomic E-state index is 12.0. The van der Waals surface area contributed by atoms with Gasteiger partial charge in [-0.1, -0.05) is 13.8 Å². The van der Waals surface area contributed by atoms with Crippen LogP contribution in [-0.2, 0) is 10.5 Å². The molecule has 0 radical (unpaired) electrons. The Morgan fingerprint density at radius 2 is 1.91 bits per heavy atom. The van der Waals surface area contributed by atoms with Gasteiger partial charge in [0.15, 0.2) is 5.82 Å². The van der Waals surface area contributed by atoms with Crippen LogP contribution < -0.4 is 15.5 Å². The van der Waals surface area contributed by atoms with E-state index in [0.29, 0.717) is 49.4 Å². The number of morpholine rings is 1. The number of carbonyl (C=O) groups is 1. The van der Waals surface area contributed by atoms with Crippen molar-refractivity contribution in [2.24, 2.45) is 5.92 Å². The molecule has 188 valence electrons. The molecule has 1 aromatic carbocycles. The summed E-state index contributed by atoms with van der Waals surface area (Å²) in [6, 6.07) is 9.05. The maximum absolute atomic E-state index is 12.0. The fourth-order valence-electron chi connectivity index (χ4n) is 3.46. The fourth-order valence-corrected chi connectivity index (χ4v) is 4.38. The molecule has 0 aliphatic carbocycles. The Morgan fingerprint density at radius 1 is 1.21 bits per heavy atom. The van der Waals surface area contributed by atoms with Crippen LogP contribution in [0.3, 0.4) is 0 Å². The molecular weight excluding hydrogens is 454 g/mol. The van der Waals surface area contributed by atoms with Crippen molar-refractivity contribution in [3.05, 3.63) is 36.0 Å². The Balaban J connectivity index is 1.87. The van der Waals surface area contributed by atoms with Crippen molar-refractivity contribution in [2.45, 2.75) is 51.7 Å². The molecule has 0 unspecified atom stereocenters. The highest BCUT2D eigenvalue weighted by atomic mass is 32.3. The minimum atomic E-state index is -2.83. The monoisotopic (exact) mass is 491 g/mol. The second-order valence-corrected chi connectivity index (χ2v) is 12.0. The van der Waals surface area contributed by atoms with E-state index in [0.717, 1.165) is 11.4 Å². The smallest absolute Gasteiger partial charge is 0.319 e. The molecule has 2 amide bonds. The Kier molecular flexibility index (Phi) is 8.75. The number of rotatable bonds is 8. The van der Waals surface area contributed by atoms with Crippen LogP contribution in [0.4, 0.5) is 16.3 Å². The summed E-state index contributed by atoms with van der Waals surface area (Å²) in [5.41, 5.74) is 2.03. The van der Waals surface area contributed by atoms with Crippen molar-refractivity contribution in [2.75, 3.05) is 36.5 Å². The lowest BCUT2D eigenvalue weighted by molar-refractivity contribution is 0.0985. The number of anilines is 2. The average Bonchev–Trinajstić information content (AvgIpc) is 2.78. The average molecular weight is 492 g/mol. The van der Waals surface area contributed by atoms with Crippen LogP contribution in [-0.4, -0.2) is 62.7 Å². The summed E-state index contributed by atoms with van der Waals surface area (Å²) in [6.07, 6.45) is 0. The van der Waals surface area contributed by atoms with E-state index in [1.165, 1.54) is 0 Å². The van der Waals surface area contributed by atoms with Gasteiger partial charge in [-0.25, -0.2) is 14.8 Å². The number of ether oxygens (including phenoxy) is 1. The molecule has 9 nitrogen and oxygen atoms in total. The highest BCUT2D eigenvalue weighted by Crippen LogP contribution is 2.47. The highest BCUT2D eigenvalue weighted by Gasteiger charge is 2.24. The minimum Gasteiger partial charge on any atom is -0.377 e. The first-order valence-electron chi connectivity index (χ1n) is 11.7. The summed E-state index contributed by atoms with van der Waals surface area (Å²) >= 11 is 0.